The summed E-state index contributed by atoms with van der Waals surface area (Å²) < 4.78 is 6.24. The number of ether oxygens (including phenoxy) is 1. The molecule has 9 nitrogen and oxygen atoms in total. The number of nitrogens with two attached hydrogens (primary N) is 1. The first-order chi connectivity index (χ1) is 10.0. The monoisotopic (exact) mass is 298 g/mol. The van der Waals surface area contributed by atoms with Gasteiger partial charge in [0.05, 0.1) is 13.2 Å². The molecular weight excluding hydrogens is 276 g/mol. The molecule has 4 N–H and O–H groups in total. The van der Waals surface area contributed by atoms with Gasteiger partial charge in [0.15, 0.2) is 5.69 Å². The molecule has 21 heavy (non-hydrogen) atoms. The van der Waals surface area contributed by atoms with E-state index in [9.17, 15) is 9.59 Å². The fraction of sp³-hybridized carbons (Fsp3) is 0.667. The zero-order valence-corrected chi connectivity index (χ0v) is 12.4. The van der Waals surface area contributed by atoms with Gasteiger partial charge in [-0.3, -0.25) is 14.3 Å². The largest absolute Gasteiger partial charge is 0.383 e. The topological polar surface area (TPSA) is 109 Å². The Hall–Kier alpha value is -1.84. The van der Waals surface area contributed by atoms with E-state index >= 15 is 0 Å². The number of methoxy groups -OCH3 is 1. The van der Waals surface area contributed by atoms with Crippen molar-refractivity contribution in [3.05, 3.63) is 20.8 Å². The lowest BCUT2D eigenvalue weighted by molar-refractivity contribution is 0.178. The van der Waals surface area contributed by atoms with Crippen molar-refractivity contribution < 1.29 is 4.74 Å². The van der Waals surface area contributed by atoms with Gasteiger partial charge < -0.3 is 20.8 Å². The van der Waals surface area contributed by atoms with Crippen molar-refractivity contribution in [2.24, 2.45) is 0 Å². The van der Waals surface area contributed by atoms with Crippen LogP contribution in [0.4, 0.5) is 11.5 Å². The lowest BCUT2D eigenvalue weighted by atomic mass is 10.4. The minimum atomic E-state index is -0.529. The Morgan fingerprint density at radius 2 is 1.95 bits per heavy atom. The number of aromatic amines is 1. The van der Waals surface area contributed by atoms with Crippen LogP contribution in [0.25, 0.3) is 0 Å². The Bertz CT molecular complexity index is 588. The van der Waals surface area contributed by atoms with E-state index in [1.54, 1.807) is 0 Å². The number of hydrogen-bond donors (Lipinski definition) is 3. The third-order valence-electron chi connectivity index (χ3n) is 3.53. The maximum Gasteiger partial charge on any atom is 0.330 e. The van der Waals surface area contributed by atoms with E-state index in [4.69, 9.17) is 10.5 Å². The summed E-state index contributed by atoms with van der Waals surface area (Å²) in [6, 6.07) is 0. The molecule has 0 aliphatic carbocycles. The molecule has 9 heteroatoms. The molecule has 0 saturated carbocycles. The molecular formula is C12H22N6O3. The first-order valence-electron chi connectivity index (χ1n) is 6.84. The molecule has 2 heterocycles. The second-order valence-corrected chi connectivity index (χ2v) is 5.07. The van der Waals surface area contributed by atoms with Crippen LogP contribution in [-0.2, 0) is 11.3 Å². The standard InChI is InChI=1S/C12H22N6O3/c1-16-3-5-17(6-4-16)15-9-10(13)18(7-8-21-2)12(20)14-11(9)19/h15H,3-8,13H2,1-2H3,(H,14,19,20). The van der Waals surface area contributed by atoms with Crippen molar-refractivity contribution >= 4 is 11.5 Å². The van der Waals surface area contributed by atoms with Crippen LogP contribution in [0.3, 0.4) is 0 Å². The smallest absolute Gasteiger partial charge is 0.330 e. The van der Waals surface area contributed by atoms with Crippen molar-refractivity contribution in [1.82, 2.24) is 19.5 Å². The Kier molecular flexibility index (Phi) is 4.99. The molecule has 1 aromatic rings. The van der Waals surface area contributed by atoms with Crippen LogP contribution in [0.5, 0.6) is 0 Å². The van der Waals surface area contributed by atoms with Crippen LogP contribution >= 0.6 is 0 Å². The lowest BCUT2D eigenvalue weighted by Crippen LogP contribution is -2.48. The van der Waals surface area contributed by atoms with Crippen LogP contribution < -0.4 is 22.4 Å². The van der Waals surface area contributed by atoms with Gasteiger partial charge in [-0.05, 0) is 7.05 Å². The normalized spacial score (nSPS) is 17.0. The highest BCUT2D eigenvalue weighted by atomic mass is 16.5. The van der Waals surface area contributed by atoms with Gasteiger partial charge in [-0.1, -0.05) is 0 Å². The van der Waals surface area contributed by atoms with Crippen LogP contribution in [-0.4, -0.2) is 66.4 Å². The number of nitrogens with zero attached hydrogens (tertiary/aromatic N) is 3. The third-order valence-corrected chi connectivity index (χ3v) is 3.53. The molecule has 2 rings (SSSR count). The summed E-state index contributed by atoms with van der Waals surface area (Å²) in [4.78, 5) is 28.2. The van der Waals surface area contributed by atoms with E-state index < -0.39 is 11.2 Å². The SMILES string of the molecule is COCCn1c(N)c(NN2CCN(C)CC2)c(=O)[nH]c1=O. The molecule has 0 amide bonds. The predicted molar refractivity (Wildman–Crippen MR) is 80.3 cm³/mol. The zero-order valence-electron chi connectivity index (χ0n) is 12.4. The maximum absolute atomic E-state index is 11.9. The molecule has 0 atom stereocenters. The number of hydrogen-bond acceptors (Lipinski definition) is 7. The molecule has 1 saturated heterocycles. The number of likely N-dealkylation sites (N-methyl/N-ethyl adjacent to an activating group) is 1. The molecule has 1 fully saturated rings. The number of H-pyrrole nitrogens is 1. The number of aromatic nitrogens is 2. The van der Waals surface area contributed by atoms with Crippen molar-refractivity contribution in [1.29, 1.82) is 0 Å². The summed E-state index contributed by atoms with van der Waals surface area (Å²) in [5, 5.41) is 1.92. The molecule has 0 unspecified atom stereocenters. The number of rotatable bonds is 5. The summed E-state index contributed by atoms with van der Waals surface area (Å²) in [6.45, 7) is 3.96. The van der Waals surface area contributed by atoms with Crippen LogP contribution in [0, 0.1) is 0 Å². The second kappa shape index (κ2) is 6.74. The first-order valence-corrected chi connectivity index (χ1v) is 6.84. The van der Waals surface area contributed by atoms with Crippen molar-refractivity contribution in [2.45, 2.75) is 6.54 Å². The number of anilines is 2. The van der Waals surface area contributed by atoms with Crippen LogP contribution in [0.15, 0.2) is 9.59 Å². The van der Waals surface area contributed by atoms with E-state index in [1.807, 2.05) is 12.1 Å². The number of hydrazine groups is 1. The highest BCUT2D eigenvalue weighted by molar-refractivity contribution is 5.59. The maximum atomic E-state index is 11.9. The number of nitrogen functional groups attached to an aromatic ring is 1. The summed E-state index contributed by atoms with van der Waals surface area (Å²) in [7, 11) is 3.58. The van der Waals surface area contributed by atoms with E-state index in [-0.39, 0.29) is 18.1 Å². The van der Waals surface area contributed by atoms with Crippen molar-refractivity contribution in [3.63, 3.8) is 0 Å². The second-order valence-electron chi connectivity index (χ2n) is 5.07. The van der Waals surface area contributed by atoms with E-state index in [1.165, 1.54) is 11.7 Å². The minimum Gasteiger partial charge on any atom is -0.383 e. The van der Waals surface area contributed by atoms with E-state index in [0.29, 0.717) is 6.61 Å². The molecule has 1 aromatic heterocycles. The van der Waals surface area contributed by atoms with Gasteiger partial charge in [-0.2, -0.15) is 0 Å². The van der Waals surface area contributed by atoms with E-state index in [2.05, 4.69) is 15.3 Å². The zero-order chi connectivity index (χ0) is 15.4. The fourth-order valence-electron chi connectivity index (χ4n) is 2.18. The minimum absolute atomic E-state index is 0.125. The Balaban J connectivity index is 2.22. The van der Waals surface area contributed by atoms with Gasteiger partial charge in [0, 0.05) is 33.3 Å². The first kappa shape index (κ1) is 15.5. The van der Waals surface area contributed by atoms with E-state index in [0.717, 1.165) is 26.2 Å². The van der Waals surface area contributed by atoms with Gasteiger partial charge in [-0.15, -0.1) is 0 Å². The Morgan fingerprint density at radius 3 is 2.57 bits per heavy atom. The molecule has 118 valence electrons. The van der Waals surface area contributed by atoms with Crippen LogP contribution in [0.1, 0.15) is 0 Å². The lowest BCUT2D eigenvalue weighted by Gasteiger charge is -2.33. The van der Waals surface area contributed by atoms with Gasteiger partial charge in [-0.25, -0.2) is 9.80 Å². The van der Waals surface area contributed by atoms with Gasteiger partial charge in [0.25, 0.3) is 5.56 Å². The summed E-state index contributed by atoms with van der Waals surface area (Å²) >= 11 is 0. The Morgan fingerprint density at radius 1 is 1.29 bits per heavy atom. The average molecular weight is 298 g/mol. The summed E-state index contributed by atoms with van der Waals surface area (Å²) in [5.74, 6) is 0.125. The highest BCUT2D eigenvalue weighted by Crippen LogP contribution is 2.12. The van der Waals surface area contributed by atoms with Crippen LogP contribution in [0.2, 0.25) is 0 Å². The highest BCUT2D eigenvalue weighted by Gasteiger charge is 2.18. The fourth-order valence-corrected chi connectivity index (χ4v) is 2.18. The molecule has 1 aliphatic rings. The van der Waals surface area contributed by atoms with Crippen molar-refractivity contribution in [3.8, 4) is 0 Å². The molecule has 0 spiro atoms. The number of piperazine rings is 1. The molecule has 0 radical (unpaired) electrons. The Labute approximate surface area is 122 Å². The molecule has 0 bridgehead atoms. The predicted octanol–water partition coefficient (Wildman–Crippen LogP) is -1.66. The van der Waals surface area contributed by atoms with Gasteiger partial charge in [0.1, 0.15) is 5.82 Å². The number of nitrogens with one attached hydrogen (secondary N) is 2. The average Bonchev–Trinajstić information content (AvgIpc) is 2.45. The summed E-state index contributed by atoms with van der Waals surface area (Å²) in [6.07, 6.45) is 0. The quantitative estimate of drug-likeness (QED) is 0.597. The summed E-state index contributed by atoms with van der Waals surface area (Å²) in [5.41, 5.74) is 8.14. The molecule has 1 aliphatic heterocycles. The third kappa shape index (κ3) is 3.63. The van der Waals surface area contributed by atoms with Crippen molar-refractivity contribution in [2.75, 3.05) is 58.1 Å². The van der Waals surface area contributed by atoms with Gasteiger partial charge >= 0.3 is 5.69 Å². The molecule has 0 aromatic carbocycles. The van der Waals surface area contributed by atoms with Gasteiger partial charge in [0.2, 0.25) is 0 Å².